The SMILES string of the molecule is CC(C)CCC(C)Nc1nc(C2CC2)ns1. The molecule has 1 aromatic heterocycles. The maximum atomic E-state index is 4.54. The quantitative estimate of drug-likeness (QED) is 0.823. The molecule has 1 aliphatic rings. The molecule has 1 fully saturated rings. The molecule has 1 saturated carbocycles. The predicted molar refractivity (Wildman–Crippen MR) is 69.0 cm³/mol. The Morgan fingerprint density at radius 3 is 2.69 bits per heavy atom. The van der Waals surface area contributed by atoms with Gasteiger partial charge in [0.15, 0.2) is 0 Å². The zero-order valence-corrected chi connectivity index (χ0v) is 11.2. The number of rotatable bonds is 6. The molecule has 1 aromatic rings. The zero-order valence-electron chi connectivity index (χ0n) is 10.4. The minimum absolute atomic E-state index is 0.502. The summed E-state index contributed by atoms with van der Waals surface area (Å²) < 4.78 is 4.39. The number of nitrogens with one attached hydrogen (secondary N) is 1. The van der Waals surface area contributed by atoms with E-state index in [2.05, 4.69) is 35.4 Å². The fourth-order valence-corrected chi connectivity index (χ4v) is 2.43. The van der Waals surface area contributed by atoms with Crippen molar-refractivity contribution in [2.45, 2.75) is 58.4 Å². The number of anilines is 1. The van der Waals surface area contributed by atoms with Crippen LogP contribution in [-0.2, 0) is 0 Å². The molecule has 4 heteroatoms. The smallest absolute Gasteiger partial charge is 0.202 e. The van der Waals surface area contributed by atoms with E-state index in [1.165, 1.54) is 37.2 Å². The number of hydrogen-bond donors (Lipinski definition) is 1. The summed E-state index contributed by atoms with van der Waals surface area (Å²) in [5, 5.41) is 4.44. The predicted octanol–water partition coefficient (Wildman–Crippen LogP) is 3.65. The molecule has 0 aromatic carbocycles. The highest BCUT2D eigenvalue weighted by Crippen LogP contribution is 2.39. The van der Waals surface area contributed by atoms with Gasteiger partial charge in [-0.25, -0.2) is 4.98 Å². The first-order valence-electron chi connectivity index (χ1n) is 6.25. The van der Waals surface area contributed by atoms with E-state index >= 15 is 0 Å². The Balaban J connectivity index is 1.78. The molecule has 1 N–H and O–H groups in total. The lowest BCUT2D eigenvalue weighted by Gasteiger charge is -2.13. The lowest BCUT2D eigenvalue weighted by molar-refractivity contribution is 0.527. The topological polar surface area (TPSA) is 37.8 Å². The maximum absolute atomic E-state index is 4.54. The average molecular weight is 239 g/mol. The summed E-state index contributed by atoms with van der Waals surface area (Å²) in [4.78, 5) is 4.54. The molecular weight excluding hydrogens is 218 g/mol. The Hall–Kier alpha value is -0.640. The summed E-state index contributed by atoms with van der Waals surface area (Å²) in [7, 11) is 0. The lowest BCUT2D eigenvalue weighted by Crippen LogP contribution is -2.15. The molecule has 1 heterocycles. The third kappa shape index (κ3) is 3.44. The van der Waals surface area contributed by atoms with Crippen LogP contribution in [0.1, 0.15) is 58.2 Å². The van der Waals surface area contributed by atoms with Crippen molar-refractivity contribution < 1.29 is 0 Å². The van der Waals surface area contributed by atoms with Gasteiger partial charge in [0, 0.05) is 23.5 Å². The normalized spacial score (nSPS) is 17.8. The second kappa shape index (κ2) is 5.13. The highest BCUT2D eigenvalue weighted by molar-refractivity contribution is 7.09. The zero-order chi connectivity index (χ0) is 11.5. The molecule has 0 aliphatic heterocycles. The van der Waals surface area contributed by atoms with Crippen LogP contribution in [0.4, 0.5) is 5.13 Å². The van der Waals surface area contributed by atoms with Gasteiger partial charge in [0.2, 0.25) is 5.13 Å². The van der Waals surface area contributed by atoms with Gasteiger partial charge in [-0.1, -0.05) is 13.8 Å². The lowest BCUT2D eigenvalue weighted by atomic mass is 10.0. The Morgan fingerprint density at radius 2 is 2.06 bits per heavy atom. The van der Waals surface area contributed by atoms with Crippen molar-refractivity contribution in [2.75, 3.05) is 5.32 Å². The Bertz CT molecular complexity index is 331. The van der Waals surface area contributed by atoms with Crippen LogP contribution in [0.5, 0.6) is 0 Å². The first-order valence-corrected chi connectivity index (χ1v) is 7.02. The summed E-state index contributed by atoms with van der Waals surface area (Å²) in [5.74, 6) is 2.50. The van der Waals surface area contributed by atoms with Crippen molar-refractivity contribution in [3.63, 3.8) is 0 Å². The third-order valence-corrected chi connectivity index (χ3v) is 3.59. The van der Waals surface area contributed by atoms with E-state index in [-0.39, 0.29) is 0 Å². The van der Waals surface area contributed by atoms with Gasteiger partial charge in [-0.15, -0.1) is 0 Å². The molecule has 0 saturated heterocycles. The van der Waals surface area contributed by atoms with E-state index in [1.807, 2.05) is 0 Å². The maximum Gasteiger partial charge on any atom is 0.202 e. The van der Waals surface area contributed by atoms with E-state index in [0.29, 0.717) is 12.0 Å². The highest BCUT2D eigenvalue weighted by Gasteiger charge is 2.27. The van der Waals surface area contributed by atoms with E-state index < -0.39 is 0 Å². The van der Waals surface area contributed by atoms with Crippen LogP contribution >= 0.6 is 11.5 Å². The van der Waals surface area contributed by atoms with Gasteiger partial charge in [-0.3, -0.25) is 0 Å². The largest absolute Gasteiger partial charge is 0.358 e. The average Bonchev–Trinajstić information content (AvgIpc) is 2.98. The monoisotopic (exact) mass is 239 g/mol. The van der Waals surface area contributed by atoms with Gasteiger partial charge < -0.3 is 5.32 Å². The molecular formula is C12H21N3S. The van der Waals surface area contributed by atoms with Crippen molar-refractivity contribution in [3.8, 4) is 0 Å². The van der Waals surface area contributed by atoms with Crippen LogP contribution in [0.25, 0.3) is 0 Å². The van der Waals surface area contributed by atoms with Crippen LogP contribution in [0, 0.1) is 5.92 Å². The van der Waals surface area contributed by atoms with E-state index in [4.69, 9.17) is 0 Å². The van der Waals surface area contributed by atoms with Crippen molar-refractivity contribution >= 4 is 16.7 Å². The molecule has 16 heavy (non-hydrogen) atoms. The Kier molecular flexibility index (Phi) is 3.79. The Labute approximate surface area is 102 Å². The molecule has 3 nitrogen and oxygen atoms in total. The van der Waals surface area contributed by atoms with Gasteiger partial charge in [-0.05, 0) is 38.5 Å². The van der Waals surface area contributed by atoms with Crippen LogP contribution < -0.4 is 5.32 Å². The van der Waals surface area contributed by atoms with E-state index in [9.17, 15) is 0 Å². The highest BCUT2D eigenvalue weighted by atomic mass is 32.1. The van der Waals surface area contributed by atoms with E-state index in [0.717, 1.165) is 16.9 Å². The molecule has 1 aliphatic carbocycles. The van der Waals surface area contributed by atoms with Gasteiger partial charge in [0.1, 0.15) is 5.82 Å². The minimum atomic E-state index is 0.502. The standard InChI is InChI=1S/C12H21N3S/c1-8(2)4-5-9(3)13-12-14-11(15-16-12)10-6-7-10/h8-10H,4-7H2,1-3H3,(H,13,14,15). The molecule has 1 unspecified atom stereocenters. The fourth-order valence-electron chi connectivity index (χ4n) is 1.67. The van der Waals surface area contributed by atoms with Crippen molar-refractivity contribution in [3.05, 3.63) is 5.82 Å². The van der Waals surface area contributed by atoms with Crippen LogP contribution in [-0.4, -0.2) is 15.4 Å². The number of aromatic nitrogens is 2. The summed E-state index contributed by atoms with van der Waals surface area (Å²) in [5.41, 5.74) is 0. The van der Waals surface area contributed by atoms with Crippen LogP contribution in [0.15, 0.2) is 0 Å². The van der Waals surface area contributed by atoms with Crippen molar-refractivity contribution in [2.24, 2.45) is 5.92 Å². The van der Waals surface area contributed by atoms with Crippen molar-refractivity contribution in [1.82, 2.24) is 9.36 Å². The van der Waals surface area contributed by atoms with E-state index in [1.54, 1.807) is 0 Å². The molecule has 0 radical (unpaired) electrons. The third-order valence-electron chi connectivity index (χ3n) is 2.93. The first kappa shape index (κ1) is 11.8. The van der Waals surface area contributed by atoms with Crippen LogP contribution in [0.3, 0.4) is 0 Å². The summed E-state index contributed by atoms with van der Waals surface area (Å²) in [6, 6.07) is 0.502. The minimum Gasteiger partial charge on any atom is -0.358 e. The fraction of sp³-hybridized carbons (Fsp3) is 0.833. The molecule has 0 bridgehead atoms. The Morgan fingerprint density at radius 1 is 1.31 bits per heavy atom. The molecule has 0 spiro atoms. The number of hydrogen-bond acceptors (Lipinski definition) is 4. The first-order chi connectivity index (χ1) is 7.65. The second-order valence-electron chi connectivity index (χ2n) is 5.25. The van der Waals surface area contributed by atoms with Gasteiger partial charge in [-0.2, -0.15) is 4.37 Å². The summed E-state index contributed by atoms with van der Waals surface area (Å²) in [6.07, 6.45) is 5.02. The second-order valence-corrected chi connectivity index (χ2v) is 6.00. The van der Waals surface area contributed by atoms with Gasteiger partial charge in [0.05, 0.1) is 0 Å². The van der Waals surface area contributed by atoms with Gasteiger partial charge in [0.25, 0.3) is 0 Å². The molecule has 1 atom stereocenters. The van der Waals surface area contributed by atoms with Crippen molar-refractivity contribution in [1.29, 1.82) is 0 Å². The van der Waals surface area contributed by atoms with Crippen LogP contribution in [0.2, 0.25) is 0 Å². The summed E-state index contributed by atoms with van der Waals surface area (Å²) >= 11 is 1.51. The summed E-state index contributed by atoms with van der Waals surface area (Å²) in [6.45, 7) is 6.76. The molecule has 0 amide bonds. The molecule has 2 rings (SSSR count). The number of nitrogens with zero attached hydrogens (tertiary/aromatic N) is 2. The molecule has 90 valence electrons. The van der Waals surface area contributed by atoms with Gasteiger partial charge >= 0.3 is 0 Å².